The Labute approximate surface area is 413 Å². The highest BCUT2D eigenvalue weighted by Gasteiger charge is 2.46. The van der Waals surface area contributed by atoms with Gasteiger partial charge in [-0.15, -0.1) is 0 Å². The van der Waals surface area contributed by atoms with E-state index in [1.54, 1.807) is 36.4 Å². The largest absolute Gasteiger partial charge is 0.508 e. The third-order valence-corrected chi connectivity index (χ3v) is 13.1. The number of nitrogens with two attached hydrogens (primary N) is 1. The number of aryl methyl sites for hydroxylation is 1. The molecule has 0 aromatic heterocycles. The second kappa shape index (κ2) is 25.0. The number of hydrogen-bond acceptors (Lipinski definition) is 13. The van der Waals surface area contributed by atoms with Gasteiger partial charge in [-0.2, -0.15) is 0 Å². The fourth-order valence-corrected chi connectivity index (χ4v) is 9.06. The summed E-state index contributed by atoms with van der Waals surface area (Å²) < 4.78 is 5.83. The van der Waals surface area contributed by atoms with Crippen LogP contribution in [0.15, 0.2) is 72.8 Å². The zero-order valence-electron chi connectivity index (χ0n) is 40.4. The average Bonchev–Trinajstić information content (AvgIpc) is 3.95. The summed E-state index contributed by atoms with van der Waals surface area (Å²) in [6.45, 7) is 4.80. The number of benzene rings is 3. The molecule has 20 heteroatoms. The number of fused-ring (bicyclic) bond motifs is 2. The van der Waals surface area contributed by atoms with Gasteiger partial charge in [0.2, 0.25) is 35.4 Å². The number of unbranched alkanes of at least 4 members (excludes halogenated alkanes) is 2. The number of rotatable bonds is 13. The molecule has 7 unspecified atom stereocenters. The van der Waals surface area contributed by atoms with Gasteiger partial charge in [-0.1, -0.05) is 56.2 Å². The van der Waals surface area contributed by atoms with Crippen molar-refractivity contribution in [3.8, 4) is 22.6 Å². The molecule has 7 amide bonds. The summed E-state index contributed by atoms with van der Waals surface area (Å²) in [5.74, 6) is -4.81. The average molecular weight is 985 g/mol. The molecule has 11 N–H and O–H groups in total. The Hall–Kier alpha value is -6.61. The summed E-state index contributed by atoms with van der Waals surface area (Å²) in [5, 5.41) is 55.8. The number of phenols is 1. The predicted octanol–water partition coefficient (Wildman–Crippen LogP) is 0.375. The fourth-order valence-electron chi connectivity index (χ4n) is 9.06. The van der Waals surface area contributed by atoms with E-state index in [1.165, 1.54) is 30.9 Å². The number of carbonyl (C=O) groups is 7. The standard InChI is InChI=1S/C51H68N8O12/c1-4-5-6-24-71-38-20-16-33(17-21-38)32-12-14-34(15-13-32)45(64)54-39-8-7-23-53-48(67)41-25-35(52)27-58(41)50(69)43(29(2)60)57-47(66)40(22-11-31-9-18-36(62)19-10-31)55-49(68)42-26-37(63)28-59(42)51(70)44(30(3)61)56-46(39)65/h9-10,12-21,29-30,35,37,39-44,60-63H,4-8,11,22-28,52H2,1-3H3,(H,53,67)(H,54,64)(H,55,68)(H,56,65)(H,57,66)/t29?,30?,35-,37+,39-,40?,41?,42?,43?,44?/m0/s1. The van der Waals surface area contributed by atoms with E-state index in [0.29, 0.717) is 12.2 Å². The highest BCUT2D eigenvalue weighted by Crippen LogP contribution is 2.25. The Morgan fingerprint density at radius 2 is 1.35 bits per heavy atom. The molecule has 384 valence electrons. The Balaban J connectivity index is 1.26. The molecule has 6 rings (SSSR count). The van der Waals surface area contributed by atoms with Crippen molar-refractivity contribution in [2.24, 2.45) is 5.73 Å². The summed E-state index contributed by atoms with van der Waals surface area (Å²) >= 11 is 0. The van der Waals surface area contributed by atoms with Gasteiger partial charge in [0.1, 0.15) is 47.8 Å². The SMILES string of the molecule is CCCCCOc1ccc(-c2ccc(C(=O)N[C@H]3CCCNC(=O)C4C[C@H](N)CN4C(=O)C(C(C)O)NC(=O)C(CCc4ccc(O)cc4)NC(=O)C4C[C@@H](O)CN4C(=O)C(C(C)O)NC3=O)cc2)cc1. The second-order valence-corrected chi connectivity index (χ2v) is 18.7. The molecule has 3 aromatic rings. The van der Waals surface area contributed by atoms with Gasteiger partial charge in [-0.25, -0.2) is 0 Å². The number of phenolic OH excluding ortho intramolecular Hbond substituents is 1. The van der Waals surface area contributed by atoms with Crippen molar-refractivity contribution in [3.63, 3.8) is 0 Å². The van der Waals surface area contributed by atoms with E-state index >= 15 is 0 Å². The molecule has 3 saturated heterocycles. The van der Waals surface area contributed by atoms with E-state index in [2.05, 4.69) is 33.5 Å². The lowest BCUT2D eigenvalue weighted by molar-refractivity contribution is -0.145. The van der Waals surface area contributed by atoms with Gasteiger partial charge in [0.15, 0.2) is 0 Å². The number of ether oxygens (including phenoxy) is 1. The minimum absolute atomic E-state index is 0.00432. The number of nitrogens with zero attached hydrogens (tertiary/aromatic N) is 2. The number of nitrogens with one attached hydrogen (secondary N) is 5. The Bertz CT molecular complexity index is 2330. The van der Waals surface area contributed by atoms with E-state index in [0.717, 1.165) is 41.0 Å². The molecule has 0 aliphatic carbocycles. The van der Waals surface area contributed by atoms with E-state index < -0.39 is 102 Å². The lowest BCUT2D eigenvalue weighted by Gasteiger charge is -2.32. The van der Waals surface area contributed by atoms with Gasteiger partial charge in [0.05, 0.1) is 24.9 Å². The zero-order chi connectivity index (χ0) is 51.4. The van der Waals surface area contributed by atoms with Crippen molar-refractivity contribution >= 4 is 41.4 Å². The number of aliphatic hydroxyl groups is 3. The van der Waals surface area contributed by atoms with E-state index in [1.807, 2.05) is 24.3 Å². The van der Waals surface area contributed by atoms with E-state index in [9.17, 15) is 54.0 Å². The molecule has 3 fully saturated rings. The van der Waals surface area contributed by atoms with Crippen molar-refractivity contribution < 1.29 is 58.7 Å². The van der Waals surface area contributed by atoms with Crippen LogP contribution in [0.2, 0.25) is 0 Å². The minimum atomic E-state index is -1.67. The molecule has 20 nitrogen and oxygen atoms in total. The van der Waals surface area contributed by atoms with Crippen molar-refractivity contribution in [3.05, 3.63) is 83.9 Å². The first-order valence-electron chi connectivity index (χ1n) is 24.5. The number of aromatic hydroxyl groups is 1. The number of hydrogen-bond donors (Lipinski definition) is 10. The monoisotopic (exact) mass is 984 g/mol. The fraction of sp³-hybridized carbons (Fsp3) is 0.510. The van der Waals surface area contributed by atoms with Crippen LogP contribution in [0.5, 0.6) is 11.5 Å². The third kappa shape index (κ3) is 14.3. The molecule has 71 heavy (non-hydrogen) atoms. The summed E-state index contributed by atoms with van der Waals surface area (Å²) in [6, 6.07) is 11.3. The zero-order valence-corrected chi connectivity index (χ0v) is 40.4. The summed E-state index contributed by atoms with van der Waals surface area (Å²) in [4.78, 5) is 101. The predicted molar refractivity (Wildman–Crippen MR) is 260 cm³/mol. The van der Waals surface area contributed by atoms with Crippen molar-refractivity contribution in [2.45, 2.75) is 139 Å². The van der Waals surface area contributed by atoms with Crippen molar-refractivity contribution in [2.75, 3.05) is 26.2 Å². The first-order chi connectivity index (χ1) is 33.9. The van der Waals surface area contributed by atoms with Gasteiger partial charge in [-0.05, 0) is 105 Å². The van der Waals surface area contributed by atoms with Crippen LogP contribution in [-0.4, -0.2) is 158 Å². The van der Waals surface area contributed by atoms with Crippen LogP contribution in [0.4, 0.5) is 0 Å². The number of amides is 7. The smallest absolute Gasteiger partial charge is 0.251 e. The topological polar surface area (TPSA) is 302 Å². The van der Waals surface area contributed by atoms with Crippen LogP contribution >= 0.6 is 0 Å². The van der Waals surface area contributed by atoms with Crippen LogP contribution < -0.4 is 37.1 Å². The lowest BCUT2D eigenvalue weighted by Crippen LogP contribution is -2.61. The molecule has 3 aliphatic rings. The molecule has 10 atom stereocenters. The molecule has 0 spiro atoms. The maximum Gasteiger partial charge on any atom is 0.251 e. The first kappa shape index (κ1) is 53.7. The molecular formula is C51H68N8O12. The van der Waals surface area contributed by atoms with Crippen LogP contribution in [0.3, 0.4) is 0 Å². The first-order valence-corrected chi connectivity index (χ1v) is 24.5. The summed E-state index contributed by atoms with van der Waals surface area (Å²) in [6.07, 6.45) is -1.19. The summed E-state index contributed by atoms with van der Waals surface area (Å²) in [5.41, 5.74) is 8.86. The molecular weight excluding hydrogens is 917 g/mol. The van der Waals surface area contributed by atoms with E-state index in [-0.39, 0.29) is 69.5 Å². The number of aliphatic hydroxyl groups excluding tert-OH is 3. The maximum absolute atomic E-state index is 14.3. The maximum atomic E-state index is 14.3. The van der Waals surface area contributed by atoms with E-state index in [4.69, 9.17) is 10.5 Å². The molecule has 3 heterocycles. The lowest BCUT2D eigenvalue weighted by atomic mass is 10.0. The Kier molecular flexibility index (Phi) is 18.9. The quantitative estimate of drug-likeness (QED) is 0.104. The van der Waals surface area contributed by atoms with Gasteiger partial charge in [0, 0.05) is 37.7 Å². The van der Waals surface area contributed by atoms with Gasteiger partial charge in [0.25, 0.3) is 5.91 Å². The van der Waals surface area contributed by atoms with Crippen molar-refractivity contribution in [1.82, 2.24) is 36.4 Å². The molecule has 0 bridgehead atoms. The molecule has 3 aliphatic heterocycles. The molecule has 0 radical (unpaired) electrons. The van der Waals surface area contributed by atoms with Gasteiger partial charge >= 0.3 is 0 Å². The van der Waals surface area contributed by atoms with Gasteiger partial charge in [-0.3, -0.25) is 33.6 Å². The normalized spacial score (nSPS) is 25.9. The molecule has 0 saturated carbocycles. The minimum Gasteiger partial charge on any atom is -0.508 e. The number of carbonyl (C=O) groups excluding carboxylic acids is 7. The van der Waals surface area contributed by atoms with Crippen LogP contribution in [0.1, 0.15) is 88.1 Å². The second-order valence-electron chi connectivity index (χ2n) is 18.7. The summed E-state index contributed by atoms with van der Waals surface area (Å²) in [7, 11) is 0. The van der Waals surface area contributed by atoms with Crippen molar-refractivity contribution in [1.29, 1.82) is 0 Å². The van der Waals surface area contributed by atoms with Crippen LogP contribution in [0.25, 0.3) is 11.1 Å². The van der Waals surface area contributed by atoms with Crippen LogP contribution in [-0.2, 0) is 35.2 Å². The molecule has 3 aromatic carbocycles. The Morgan fingerprint density at radius 1 is 0.761 bits per heavy atom. The van der Waals surface area contributed by atoms with Crippen LogP contribution in [0, 0.1) is 0 Å². The third-order valence-electron chi connectivity index (χ3n) is 13.1. The highest BCUT2D eigenvalue weighted by atomic mass is 16.5. The Morgan fingerprint density at radius 3 is 1.97 bits per heavy atom. The highest BCUT2D eigenvalue weighted by molar-refractivity contribution is 6.00. The van der Waals surface area contributed by atoms with Gasteiger partial charge < -0.3 is 67.3 Å².